The fourth-order valence-corrected chi connectivity index (χ4v) is 3.17. The van der Waals surface area contributed by atoms with E-state index in [0.717, 1.165) is 33.3 Å². The van der Waals surface area contributed by atoms with Crippen molar-refractivity contribution in [2.75, 3.05) is 11.9 Å². The number of hydrogen-bond acceptors (Lipinski definition) is 2. The number of amides is 2. The number of benzene rings is 2. The van der Waals surface area contributed by atoms with Crippen LogP contribution < -0.4 is 10.9 Å². The summed E-state index contributed by atoms with van der Waals surface area (Å²) in [5.74, 6) is 0. The SMILES string of the molecule is CCN(Cc1cc(=O)[nH]c2c(C)cc(C)cc12)C(=O)Nc1ccccc1. The van der Waals surface area contributed by atoms with Crippen LogP contribution in [0.5, 0.6) is 0 Å². The van der Waals surface area contributed by atoms with E-state index in [1.807, 2.05) is 57.2 Å². The Hall–Kier alpha value is -3.08. The minimum atomic E-state index is -0.184. The number of fused-ring (bicyclic) bond motifs is 1. The Kier molecular flexibility index (Phi) is 5.07. The number of pyridine rings is 1. The van der Waals surface area contributed by atoms with Crippen molar-refractivity contribution in [1.82, 2.24) is 9.88 Å². The average molecular weight is 349 g/mol. The number of hydrogen-bond donors (Lipinski definition) is 2. The molecule has 5 nitrogen and oxygen atoms in total. The number of para-hydroxylation sites is 1. The number of H-pyrrole nitrogens is 1. The lowest BCUT2D eigenvalue weighted by Gasteiger charge is -2.22. The molecule has 2 amide bonds. The van der Waals surface area contributed by atoms with E-state index < -0.39 is 0 Å². The monoisotopic (exact) mass is 349 g/mol. The molecular formula is C21H23N3O2. The standard InChI is InChI=1S/C21H23N3O2/c1-4-24(21(26)22-17-8-6-5-7-9-17)13-16-12-19(25)23-20-15(3)10-14(2)11-18(16)20/h5-12H,4,13H2,1-3H3,(H,22,26)(H,23,25). The van der Waals surface area contributed by atoms with Gasteiger partial charge >= 0.3 is 6.03 Å². The lowest BCUT2D eigenvalue weighted by Crippen LogP contribution is -2.34. The highest BCUT2D eigenvalue weighted by atomic mass is 16.2. The van der Waals surface area contributed by atoms with Gasteiger partial charge in [-0.25, -0.2) is 4.79 Å². The first kappa shape index (κ1) is 17.7. The largest absolute Gasteiger partial charge is 0.322 e. The summed E-state index contributed by atoms with van der Waals surface area (Å²) < 4.78 is 0. The number of carbonyl (C=O) groups excluding carboxylic acids is 1. The normalized spacial score (nSPS) is 10.7. The summed E-state index contributed by atoms with van der Waals surface area (Å²) >= 11 is 0. The topological polar surface area (TPSA) is 65.2 Å². The molecule has 0 aliphatic heterocycles. The Morgan fingerprint density at radius 3 is 2.54 bits per heavy atom. The Morgan fingerprint density at radius 1 is 1.12 bits per heavy atom. The minimum absolute atomic E-state index is 0.154. The highest BCUT2D eigenvalue weighted by Gasteiger charge is 2.15. The van der Waals surface area contributed by atoms with Crippen molar-refractivity contribution in [3.63, 3.8) is 0 Å². The summed E-state index contributed by atoms with van der Waals surface area (Å²) in [5.41, 5.74) is 4.42. The molecule has 134 valence electrons. The van der Waals surface area contributed by atoms with Crippen LogP contribution in [0.1, 0.15) is 23.6 Å². The molecule has 0 bridgehead atoms. The van der Waals surface area contributed by atoms with E-state index in [0.29, 0.717) is 13.1 Å². The van der Waals surface area contributed by atoms with Gasteiger partial charge in [0, 0.05) is 30.2 Å². The number of carbonyl (C=O) groups is 1. The Bertz CT molecular complexity index is 993. The average Bonchev–Trinajstić information content (AvgIpc) is 2.61. The third-order valence-corrected chi connectivity index (χ3v) is 4.43. The van der Waals surface area contributed by atoms with Gasteiger partial charge in [-0.15, -0.1) is 0 Å². The van der Waals surface area contributed by atoms with E-state index in [1.54, 1.807) is 11.0 Å². The zero-order valence-corrected chi connectivity index (χ0v) is 15.3. The first-order valence-corrected chi connectivity index (χ1v) is 8.72. The van der Waals surface area contributed by atoms with E-state index in [-0.39, 0.29) is 11.6 Å². The van der Waals surface area contributed by atoms with Crippen molar-refractivity contribution in [2.45, 2.75) is 27.3 Å². The molecule has 2 N–H and O–H groups in total. The smallest absolute Gasteiger partial charge is 0.322 e. The van der Waals surface area contributed by atoms with Gasteiger partial charge in [-0.05, 0) is 50.1 Å². The van der Waals surface area contributed by atoms with E-state index in [2.05, 4.69) is 16.4 Å². The maximum Gasteiger partial charge on any atom is 0.322 e. The number of urea groups is 1. The van der Waals surface area contributed by atoms with Crippen LogP contribution in [-0.2, 0) is 6.54 Å². The van der Waals surface area contributed by atoms with E-state index in [4.69, 9.17) is 0 Å². The summed E-state index contributed by atoms with van der Waals surface area (Å²) in [6.45, 7) is 6.85. The number of nitrogens with zero attached hydrogens (tertiary/aromatic N) is 1. The highest BCUT2D eigenvalue weighted by Crippen LogP contribution is 2.22. The number of rotatable bonds is 4. The van der Waals surface area contributed by atoms with Gasteiger partial charge in [-0.1, -0.05) is 29.8 Å². The number of aromatic nitrogens is 1. The molecule has 3 aromatic rings. The van der Waals surface area contributed by atoms with Crippen molar-refractivity contribution < 1.29 is 4.79 Å². The van der Waals surface area contributed by atoms with Crippen LogP contribution in [0.2, 0.25) is 0 Å². The maximum atomic E-state index is 12.6. The van der Waals surface area contributed by atoms with Gasteiger partial charge in [0.05, 0.1) is 5.52 Å². The van der Waals surface area contributed by atoms with Gasteiger partial charge in [-0.3, -0.25) is 4.79 Å². The number of aromatic amines is 1. The maximum absolute atomic E-state index is 12.6. The molecule has 0 atom stereocenters. The summed E-state index contributed by atoms with van der Waals surface area (Å²) in [6, 6.07) is 14.8. The third kappa shape index (κ3) is 3.77. The zero-order valence-electron chi connectivity index (χ0n) is 15.3. The fourth-order valence-electron chi connectivity index (χ4n) is 3.17. The second kappa shape index (κ2) is 7.44. The molecular weight excluding hydrogens is 326 g/mol. The quantitative estimate of drug-likeness (QED) is 0.741. The van der Waals surface area contributed by atoms with Gasteiger partial charge in [0.2, 0.25) is 5.56 Å². The molecule has 0 aliphatic rings. The lowest BCUT2D eigenvalue weighted by atomic mass is 10.0. The van der Waals surface area contributed by atoms with Gasteiger partial charge in [0.1, 0.15) is 0 Å². The van der Waals surface area contributed by atoms with Crippen molar-refractivity contribution in [3.05, 3.63) is 75.6 Å². The van der Waals surface area contributed by atoms with Crippen molar-refractivity contribution in [1.29, 1.82) is 0 Å². The molecule has 0 unspecified atom stereocenters. The first-order chi connectivity index (χ1) is 12.5. The number of nitrogens with one attached hydrogen (secondary N) is 2. The molecule has 0 aliphatic carbocycles. The van der Waals surface area contributed by atoms with Gasteiger partial charge < -0.3 is 15.2 Å². The lowest BCUT2D eigenvalue weighted by molar-refractivity contribution is 0.212. The van der Waals surface area contributed by atoms with Gasteiger partial charge in [0.25, 0.3) is 0 Å². The van der Waals surface area contributed by atoms with Crippen LogP contribution in [0.3, 0.4) is 0 Å². The predicted molar refractivity (Wildman–Crippen MR) is 106 cm³/mol. The molecule has 0 fully saturated rings. The molecule has 0 saturated heterocycles. The van der Waals surface area contributed by atoms with Crippen molar-refractivity contribution >= 4 is 22.6 Å². The Labute approximate surface area is 152 Å². The molecule has 0 saturated carbocycles. The van der Waals surface area contributed by atoms with Crippen LogP contribution in [0.15, 0.2) is 53.3 Å². The van der Waals surface area contributed by atoms with Crippen LogP contribution >= 0.6 is 0 Å². The number of anilines is 1. The van der Waals surface area contributed by atoms with Crippen LogP contribution in [0, 0.1) is 13.8 Å². The van der Waals surface area contributed by atoms with Gasteiger partial charge in [0.15, 0.2) is 0 Å². The zero-order chi connectivity index (χ0) is 18.7. The van der Waals surface area contributed by atoms with E-state index >= 15 is 0 Å². The highest BCUT2D eigenvalue weighted by molar-refractivity contribution is 5.90. The minimum Gasteiger partial charge on any atom is -0.322 e. The molecule has 5 heteroatoms. The molecule has 0 spiro atoms. The predicted octanol–water partition coefficient (Wildman–Crippen LogP) is 4.20. The molecule has 2 aromatic carbocycles. The van der Waals surface area contributed by atoms with Crippen LogP contribution in [-0.4, -0.2) is 22.5 Å². The van der Waals surface area contributed by atoms with Crippen molar-refractivity contribution in [3.8, 4) is 0 Å². The molecule has 1 heterocycles. The van der Waals surface area contributed by atoms with E-state index in [1.165, 1.54) is 0 Å². The Balaban J connectivity index is 1.93. The van der Waals surface area contributed by atoms with E-state index in [9.17, 15) is 9.59 Å². The summed E-state index contributed by atoms with van der Waals surface area (Å²) in [7, 11) is 0. The first-order valence-electron chi connectivity index (χ1n) is 8.72. The van der Waals surface area contributed by atoms with Crippen LogP contribution in [0.25, 0.3) is 10.9 Å². The Morgan fingerprint density at radius 2 is 1.85 bits per heavy atom. The number of aryl methyl sites for hydroxylation is 2. The second-order valence-corrected chi connectivity index (χ2v) is 6.47. The fraction of sp³-hybridized carbons (Fsp3) is 0.238. The third-order valence-electron chi connectivity index (χ3n) is 4.43. The summed E-state index contributed by atoms with van der Waals surface area (Å²) in [6.07, 6.45) is 0. The molecule has 26 heavy (non-hydrogen) atoms. The van der Waals surface area contributed by atoms with Crippen molar-refractivity contribution in [2.24, 2.45) is 0 Å². The van der Waals surface area contributed by atoms with Gasteiger partial charge in [-0.2, -0.15) is 0 Å². The summed E-state index contributed by atoms with van der Waals surface area (Å²) in [4.78, 5) is 29.3. The van der Waals surface area contributed by atoms with Crippen LogP contribution in [0.4, 0.5) is 10.5 Å². The second-order valence-electron chi connectivity index (χ2n) is 6.47. The molecule has 1 aromatic heterocycles. The summed E-state index contributed by atoms with van der Waals surface area (Å²) in [5, 5.41) is 3.88. The molecule has 3 rings (SSSR count). The molecule has 0 radical (unpaired) electrons.